The van der Waals surface area contributed by atoms with E-state index in [0.29, 0.717) is 5.56 Å². The van der Waals surface area contributed by atoms with E-state index in [2.05, 4.69) is 11.8 Å². The highest BCUT2D eigenvalue weighted by atomic mass is 35.5. The second kappa shape index (κ2) is 4.86. The molecular formula is C10H8ClFO. The second-order valence-electron chi connectivity index (χ2n) is 2.41. The molecule has 1 nitrogen and oxygen atoms in total. The Hall–Kier alpha value is -1.04. The van der Waals surface area contributed by atoms with Crippen LogP contribution in [0.15, 0.2) is 18.2 Å². The van der Waals surface area contributed by atoms with Crippen LogP contribution in [0.2, 0.25) is 0 Å². The zero-order valence-corrected chi connectivity index (χ0v) is 7.61. The minimum absolute atomic E-state index is 0.115. The van der Waals surface area contributed by atoms with Gasteiger partial charge in [-0.15, -0.1) is 11.6 Å². The predicted octanol–water partition coefficient (Wildman–Crippen LogP) is 1.91. The summed E-state index contributed by atoms with van der Waals surface area (Å²) in [4.78, 5) is 0. The molecule has 68 valence electrons. The normalized spacial score (nSPS) is 9.15. The van der Waals surface area contributed by atoms with Gasteiger partial charge in [-0.05, 0) is 17.7 Å². The van der Waals surface area contributed by atoms with Crippen LogP contribution in [0.4, 0.5) is 4.39 Å². The first-order valence-corrected chi connectivity index (χ1v) is 4.25. The van der Waals surface area contributed by atoms with Gasteiger partial charge >= 0.3 is 0 Å². The lowest BCUT2D eigenvalue weighted by Gasteiger charge is -1.97. The van der Waals surface area contributed by atoms with E-state index in [4.69, 9.17) is 16.7 Å². The quantitative estimate of drug-likeness (QED) is 0.540. The maximum atomic E-state index is 13.0. The summed E-state index contributed by atoms with van der Waals surface area (Å²) in [5, 5.41) is 8.78. The summed E-state index contributed by atoms with van der Waals surface area (Å²) in [6, 6.07) is 4.31. The third-order valence-corrected chi connectivity index (χ3v) is 1.64. The average Bonchev–Trinajstić information content (AvgIpc) is 2.17. The highest BCUT2D eigenvalue weighted by Gasteiger charge is 1.99. The Bertz CT molecular complexity index is 352. The molecule has 0 atom stereocenters. The van der Waals surface area contributed by atoms with E-state index in [9.17, 15) is 4.39 Å². The standard InChI is InChI=1S/C10H8ClFO/c11-5-1-2-9-6-8(7-13)3-4-10(9)12/h3-4,6,13H,5,7H2. The number of halogens is 2. The van der Waals surface area contributed by atoms with Crippen molar-refractivity contribution in [1.82, 2.24) is 0 Å². The van der Waals surface area contributed by atoms with Crippen molar-refractivity contribution in [2.45, 2.75) is 6.61 Å². The molecule has 0 saturated carbocycles. The number of aliphatic hydroxyl groups excluding tert-OH is 1. The van der Waals surface area contributed by atoms with E-state index in [1.807, 2.05) is 0 Å². The van der Waals surface area contributed by atoms with E-state index < -0.39 is 5.82 Å². The average molecular weight is 199 g/mol. The number of hydrogen-bond donors (Lipinski definition) is 1. The van der Waals surface area contributed by atoms with Crippen LogP contribution in [0, 0.1) is 17.7 Å². The molecule has 13 heavy (non-hydrogen) atoms. The Balaban J connectivity index is 3.04. The summed E-state index contributed by atoms with van der Waals surface area (Å²) in [5.74, 6) is 4.90. The molecule has 3 heteroatoms. The van der Waals surface area contributed by atoms with Crippen LogP contribution in [0.3, 0.4) is 0 Å². The zero-order chi connectivity index (χ0) is 9.68. The van der Waals surface area contributed by atoms with Crippen molar-refractivity contribution < 1.29 is 9.50 Å². The van der Waals surface area contributed by atoms with Gasteiger partial charge in [0.2, 0.25) is 0 Å². The van der Waals surface area contributed by atoms with Gasteiger partial charge in [-0.2, -0.15) is 0 Å². The number of alkyl halides is 1. The van der Waals surface area contributed by atoms with Gasteiger partial charge in [0.1, 0.15) is 5.82 Å². The molecular weight excluding hydrogens is 191 g/mol. The molecule has 0 spiro atoms. The Morgan fingerprint density at radius 1 is 1.46 bits per heavy atom. The topological polar surface area (TPSA) is 20.2 Å². The summed E-state index contributed by atoms with van der Waals surface area (Å²) >= 11 is 5.33. The predicted molar refractivity (Wildman–Crippen MR) is 49.9 cm³/mol. The lowest BCUT2D eigenvalue weighted by Crippen LogP contribution is -1.88. The van der Waals surface area contributed by atoms with Crippen molar-refractivity contribution >= 4 is 11.6 Å². The molecule has 0 unspecified atom stereocenters. The number of benzene rings is 1. The van der Waals surface area contributed by atoms with Crippen LogP contribution >= 0.6 is 11.6 Å². The highest BCUT2D eigenvalue weighted by Crippen LogP contribution is 2.09. The molecule has 0 aliphatic carbocycles. The summed E-state index contributed by atoms with van der Waals surface area (Å²) in [6.07, 6.45) is 0. The molecule has 1 rings (SSSR count). The van der Waals surface area contributed by atoms with Crippen LogP contribution in [0.1, 0.15) is 11.1 Å². The minimum atomic E-state index is -0.394. The third kappa shape index (κ3) is 2.73. The van der Waals surface area contributed by atoms with Gasteiger partial charge in [-0.1, -0.05) is 17.9 Å². The fourth-order valence-corrected chi connectivity index (χ4v) is 0.962. The Kier molecular flexibility index (Phi) is 3.75. The molecule has 0 fully saturated rings. The van der Waals surface area contributed by atoms with Gasteiger partial charge in [-0.25, -0.2) is 4.39 Å². The molecule has 0 amide bonds. The van der Waals surface area contributed by atoms with Crippen LogP contribution < -0.4 is 0 Å². The smallest absolute Gasteiger partial charge is 0.138 e. The molecule has 0 aliphatic heterocycles. The van der Waals surface area contributed by atoms with Crippen LogP contribution in [0.25, 0.3) is 0 Å². The molecule has 1 aromatic carbocycles. The fourth-order valence-electron chi connectivity index (χ4n) is 0.895. The maximum Gasteiger partial charge on any atom is 0.138 e. The largest absolute Gasteiger partial charge is 0.392 e. The molecule has 1 N–H and O–H groups in total. The first-order chi connectivity index (χ1) is 6.27. The van der Waals surface area contributed by atoms with Crippen LogP contribution in [-0.4, -0.2) is 11.0 Å². The Morgan fingerprint density at radius 2 is 2.23 bits per heavy atom. The first kappa shape index (κ1) is 10.0. The van der Waals surface area contributed by atoms with Gasteiger partial charge in [0, 0.05) is 0 Å². The van der Waals surface area contributed by atoms with Crippen molar-refractivity contribution in [3.8, 4) is 11.8 Å². The van der Waals surface area contributed by atoms with Crippen molar-refractivity contribution in [3.05, 3.63) is 35.1 Å². The fraction of sp³-hybridized carbons (Fsp3) is 0.200. The highest BCUT2D eigenvalue weighted by molar-refractivity contribution is 6.19. The molecule has 0 aromatic heterocycles. The van der Waals surface area contributed by atoms with E-state index >= 15 is 0 Å². The zero-order valence-electron chi connectivity index (χ0n) is 6.85. The van der Waals surface area contributed by atoms with Crippen LogP contribution in [0.5, 0.6) is 0 Å². The summed E-state index contributed by atoms with van der Waals surface area (Å²) in [7, 11) is 0. The monoisotopic (exact) mass is 198 g/mol. The van der Waals surface area contributed by atoms with Gasteiger partial charge in [0.25, 0.3) is 0 Å². The van der Waals surface area contributed by atoms with Gasteiger partial charge < -0.3 is 5.11 Å². The summed E-state index contributed by atoms with van der Waals surface area (Å²) in [5.41, 5.74) is 0.910. The van der Waals surface area contributed by atoms with Gasteiger partial charge in [-0.3, -0.25) is 0 Å². The number of hydrogen-bond acceptors (Lipinski definition) is 1. The van der Waals surface area contributed by atoms with Crippen molar-refractivity contribution in [2.24, 2.45) is 0 Å². The summed E-state index contributed by atoms with van der Waals surface area (Å²) < 4.78 is 13.0. The van der Waals surface area contributed by atoms with E-state index in [1.165, 1.54) is 18.2 Å². The number of aliphatic hydroxyl groups is 1. The van der Waals surface area contributed by atoms with E-state index in [1.54, 1.807) is 0 Å². The Morgan fingerprint density at radius 3 is 2.85 bits per heavy atom. The van der Waals surface area contributed by atoms with Crippen molar-refractivity contribution in [3.63, 3.8) is 0 Å². The maximum absolute atomic E-state index is 13.0. The van der Waals surface area contributed by atoms with Gasteiger partial charge in [0.15, 0.2) is 0 Å². The molecule has 1 aromatic rings. The van der Waals surface area contributed by atoms with Crippen molar-refractivity contribution in [1.29, 1.82) is 0 Å². The SMILES string of the molecule is OCc1ccc(F)c(C#CCCl)c1. The van der Waals surface area contributed by atoms with Crippen molar-refractivity contribution in [2.75, 3.05) is 5.88 Å². The molecule has 0 radical (unpaired) electrons. The first-order valence-electron chi connectivity index (χ1n) is 3.72. The van der Waals surface area contributed by atoms with Crippen LogP contribution in [-0.2, 0) is 6.61 Å². The third-order valence-electron chi connectivity index (χ3n) is 1.50. The molecule has 0 aliphatic rings. The number of rotatable bonds is 1. The second-order valence-corrected chi connectivity index (χ2v) is 2.67. The molecule has 0 saturated heterocycles. The lowest BCUT2D eigenvalue weighted by atomic mass is 10.1. The molecule has 0 bridgehead atoms. The Labute approximate surface area is 81.2 Å². The minimum Gasteiger partial charge on any atom is -0.392 e. The lowest BCUT2D eigenvalue weighted by molar-refractivity contribution is 0.281. The van der Waals surface area contributed by atoms with E-state index in [-0.39, 0.29) is 18.1 Å². The van der Waals surface area contributed by atoms with E-state index in [0.717, 1.165) is 0 Å². The van der Waals surface area contributed by atoms with Gasteiger partial charge in [0.05, 0.1) is 18.1 Å². The summed E-state index contributed by atoms with van der Waals surface area (Å²) in [6.45, 7) is -0.115. The molecule has 0 heterocycles.